The van der Waals surface area contributed by atoms with Crippen LogP contribution in [0.4, 0.5) is 13.2 Å². The first-order valence-electron chi connectivity index (χ1n) is 7.90. The smallest absolute Gasteiger partial charge is 0.416 e. The molecule has 1 aromatic heterocycles. The molecule has 1 heterocycles. The number of carbonyl (C=O) groups excluding carboxylic acids is 1. The number of benzene rings is 2. The molecule has 134 valence electrons. The van der Waals surface area contributed by atoms with Gasteiger partial charge in [-0.2, -0.15) is 13.2 Å². The summed E-state index contributed by atoms with van der Waals surface area (Å²) in [5, 5.41) is 0. The van der Waals surface area contributed by atoms with Crippen LogP contribution >= 0.6 is 0 Å². The van der Waals surface area contributed by atoms with Gasteiger partial charge >= 0.3 is 12.1 Å². The molecule has 2 aromatic carbocycles. The van der Waals surface area contributed by atoms with Crippen LogP contribution in [0.3, 0.4) is 0 Å². The van der Waals surface area contributed by atoms with Gasteiger partial charge in [0.2, 0.25) is 0 Å². The van der Waals surface area contributed by atoms with E-state index >= 15 is 0 Å². The van der Waals surface area contributed by atoms with Crippen molar-refractivity contribution in [2.45, 2.75) is 13.1 Å². The number of aromatic amines is 1. The molecule has 3 rings (SSSR count). The summed E-state index contributed by atoms with van der Waals surface area (Å²) in [6, 6.07) is 13.6. The van der Waals surface area contributed by atoms with Crippen molar-refractivity contribution in [3.8, 4) is 22.6 Å². The molecule has 0 amide bonds. The third-order valence-electron chi connectivity index (χ3n) is 3.72. The topological polar surface area (TPSA) is 55.0 Å². The summed E-state index contributed by atoms with van der Waals surface area (Å²) < 4.78 is 43.2. The van der Waals surface area contributed by atoms with Gasteiger partial charge in [-0.1, -0.05) is 42.5 Å². The van der Waals surface area contributed by atoms with E-state index in [4.69, 9.17) is 4.74 Å². The Balaban J connectivity index is 2.05. The van der Waals surface area contributed by atoms with Gasteiger partial charge in [-0.05, 0) is 19.1 Å². The quantitative estimate of drug-likeness (QED) is 0.671. The molecule has 0 saturated carbocycles. The lowest BCUT2D eigenvalue weighted by Crippen LogP contribution is -2.06. The molecule has 0 atom stereocenters. The first-order valence-corrected chi connectivity index (χ1v) is 7.90. The van der Waals surface area contributed by atoms with Crippen molar-refractivity contribution >= 4 is 5.97 Å². The lowest BCUT2D eigenvalue weighted by atomic mass is 10.1. The van der Waals surface area contributed by atoms with Gasteiger partial charge in [-0.15, -0.1) is 0 Å². The highest BCUT2D eigenvalue weighted by Crippen LogP contribution is 2.31. The number of esters is 1. The van der Waals surface area contributed by atoms with Gasteiger partial charge in [0.1, 0.15) is 5.82 Å². The Kier molecular flexibility index (Phi) is 4.79. The number of alkyl halides is 3. The molecule has 3 aromatic rings. The fourth-order valence-corrected chi connectivity index (χ4v) is 2.49. The molecule has 0 fully saturated rings. The zero-order chi connectivity index (χ0) is 18.7. The fraction of sp³-hybridized carbons (Fsp3) is 0.158. The Bertz CT molecular complexity index is 901. The molecule has 0 aliphatic rings. The van der Waals surface area contributed by atoms with E-state index in [1.165, 1.54) is 12.1 Å². The van der Waals surface area contributed by atoms with E-state index in [2.05, 4.69) is 9.97 Å². The second-order valence-corrected chi connectivity index (χ2v) is 5.47. The number of nitrogens with one attached hydrogen (secondary N) is 1. The molecule has 0 spiro atoms. The molecule has 0 aliphatic heterocycles. The van der Waals surface area contributed by atoms with Crippen molar-refractivity contribution in [2.24, 2.45) is 0 Å². The van der Waals surface area contributed by atoms with E-state index in [0.717, 1.165) is 17.7 Å². The molecule has 26 heavy (non-hydrogen) atoms. The van der Waals surface area contributed by atoms with Crippen molar-refractivity contribution in [3.05, 3.63) is 65.9 Å². The number of imidazole rings is 1. The number of carbonyl (C=O) groups is 1. The van der Waals surface area contributed by atoms with Gasteiger partial charge in [0.15, 0.2) is 5.69 Å². The largest absolute Gasteiger partial charge is 0.461 e. The normalized spacial score (nSPS) is 11.4. The van der Waals surface area contributed by atoms with Crippen molar-refractivity contribution in [2.75, 3.05) is 6.61 Å². The maximum atomic E-state index is 12.7. The summed E-state index contributed by atoms with van der Waals surface area (Å²) in [7, 11) is 0. The summed E-state index contributed by atoms with van der Waals surface area (Å²) in [5.41, 5.74) is 0.959. The van der Waals surface area contributed by atoms with Crippen LogP contribution in [0.15, 0.2) is 54.6 Å². The summed E-state index contributed by atoms with van der Waals surface area (Å²) in [5.74, 6) is -0.304. The average Bonchev–Trinajstić information content (AvgIpc) is 3.07. The second kappa shape index (κ2) is 7.03. The highest BCUT2D eigenvalue weighted by atomic mass is 19.4. The molecule has 0 unspecified atom stereocenters. The minimum atomic E-state index is -4.41. The van der Waals surface area contributed by atoms with E-state index in [1.54, 1.807) is 19.1 Å². The van der Waals surface area contributed by atoms with E-state index < -0.39 is 17.7 Å². The number of hydrogen-bond donors (Lipinski definition) is 1. The number of aromatic nitrogens is 2. The molecule has 0 saturated heterocycles. The molecule has 0 radical (unpaired) electrons. The second-order valence-electron chi connectivity index (χ2n) is 5.47. The zero-order valence-corrected chi connectivity index (χ0v) is 13.8. The Hall–Kier alpha value is -3.09. The Morgan fingerprint density at radius 1 is 1.04 bits per heavy atom. The minimum absolute atomic E-state index is 0.0907. The predicted molar refractivity (Wildman–Crippen MR) is 90.4 cm³/mol. The first kappa shape index (κ1) is 17.7. The SMILES string of the molecule is CCOC(=O)c1nc(-c2ccc(C(F)(F)F)cc2)[nH]c1-c1ccccc1. The van der Waals surface area contributed by atoms with Crippen LogP contribution in [0, 0.1) is 0 Å². The van der Waals surface area contributed by atoms with Gasteiger partial charge < -0.3 is 9.72 Å². The monoisotopic (exact) mass is 360 g/mol. The zero-order valence-electron chi connectivity index (χ0n) is 13.8. The van der Waals surface area contributed by atoms with Crippen LogP contribution in [0.25, 0.3) is 22.6 Å². The standard InChI is InChI=1S/C19H15F3N2O2/c1-2-26-18(25)16-15(12-6-4-3-5-7-12)23-17(24-16)13-8-10-14(11-9-13)19(20,21)22/h3-11H,2H2,1H3,(H,23,24). The van der Waals surface area contributed by atoms with Crippen LogP contribution in [-0.2, 0) is 10.9 Å². The molecule has 0 aliphatic carbocycles. The molecule has 4 nitrogen and oxygen atoms in total. The molecule has 0 bridgehead atoms. The Morgan fingerprint density at radius 2 is 1.69 bits per heavy atom. The van der Waals surface area contributed by atoms with E-state index in [-0.39, 0.29) is 12.3 Å². The van der Waals surface area contributed by atoms with Crippen LogP contribution in [0.1, 0.15) is 23.0 Å². The highest BCUT2D eigenvalue weighted by molar-refractivity contribution is 5.95. The van der Waals surface area contributed by atoms with Crippen molar-refractivity contribution in [3.63, 3.8) is 0 Å². The lowest BCUT2D eigenvalue weighted by molar-refractivity contribution is -0.137. The van der Waals surface area contributed by atoms with Gasteiger partial charge in [0.05, 0.1) is 17.9 Å². The van der Waals surface area contributed by atoms with Crippen LogP contribution in [0.2, 0.25) is 0 Å². The van der Waals surface area contributed by atoms with Gasteiger partial charge in [-0.3, -0.25) is 0 Å². The number of hydrogen-bond acceptors (Lipinski definition) is 3. The Labute approximate surface area is 147 Å². The van der Waals surface area contributed by atoms with Crippen LogP contribution in [0.5, 0.6) is 0 Å². The van der Waals surface area contributed by atoms with Crippen LogP contribution in [-0.4, -0.2) is 22.5 Å². The number of rotatable bonds is 4. The van der Waals surface area contributed by atoms with Crippen molar-refractivity contribution in [1.29, 1.82) is 0 Å². The van der Waals surface area contributed by atoms with E-state index in [9.17, 15) is 18.0 Å². The number of ether oxygens (including phenoxy) is 1. The fourth-order valence-electron chi connectivity index (χ4n) is 2.49. The molecular formula is C19H15F3N2O2. The number of H-pyrrole nitrogens is 1. The van der Waals surface area contributed by atoms with Crippen LogP contribution < -0.4 is 0 Å². The third-order valence-corrected chi connectivity index (χ3v) is 3.72. The molecule has 7 heteroatoms. The average molecular weight is 360 g/mol. The maximum absolute atomic E-state index is 12.7. The van der Waals surface area contributed by atoms with Crippen molar-refractivity contribution in [1.82, 2.24) is 9.97 Å². The maximum Gasteiger partial charge on any atom is 0.416 e. The summed E-state index contributed by atoms with van der Waals surface area (Å²) in [6.45, 7) is 1.87. The molecular weight excluding hydrogens is 345 g/mol. The van der Waals surface area contributed by atoms with Gasteiger partial charge in [0.25, 0.3) is 0 Å². The number of halogens is 3. The first-order chi connectivity index (χ1) is 12.4. The highest BCUT2D eigenvalue weighted by Gasteiger charge is 2.30. The summed E-state index contributed by atoms with van der Waals surface area (Å²) in [6.07, 6.45) is -4.41. The summed E-state index contributed by atoms with van der Waals surface area (Å²) in [4.78, 5) is 19.5. The van der Waals surface area contributed by atoms with E-state index in [1.807, 2.05) is 18.2 Å². The molecule has 1 N–H and O–H groups in total. The summed E-state index contributed by atoms with van der Waals surface area (Å²) >= 11 is 0. The van der Waals surface area contributed by atoms with Gasteiger partial charge in [0, 0.05) is 11.1 Å². The van der Waals surface area contributed by atoms with Gasteiger partial charge in [-0.25, -0.2) is 9.78 Å². The third kappa shape index (κ3) is 3.61. The Morgan fingerprint density at radius 3 is 2.27 bits per heavy atom. The minimum Gasteiger partial charge on any atom is -0.461 e. The lowest BCUT2D eigenvalue weighted by Gasteiger charge is -2.06. The number of nitrogens with zero attached hydrogens (tertiary/aromatic N) is 1. The predicted octanol–water partition coefficient (Wildman–Crippen LogP) is 4.94. The van der Waals surface area contributed by atoms with Crippen molar-refractivity contribution < 1.29 is 22.7 Å². The van der Waals surface area contributed by atoms with E-state index in [0.29, 0.717) is 17.1 Å².